The molecule has 214 valence electrons. The second-order valence-corrected chi connectivity index (χ2v) is 11.3. The van der Waals surface area contributed by atoms with Gasteiger partial charge in [-0.2, -0.15) is 0 Å². The molecule has 0 unspecified atom stereocenters. The van der Waals surface area contributed by atoms with E-state index < -0.39 is 23.4 Å². The summed E-state index contributed by atoms with van der Waals surface area (Å²) in [7, 11) is 0. The van der Waals surface area contributed by atoms with Gasteiger partial charge in [0.1, 0.15) is 23.0 Å². The van der Waals surface area contributed by atoms with Crippen LogP contribution >= 0.6 is 0 Å². The fourth-order valence-corrected chi connectivity index (χ4v) is 6.02. The first kappa shape index (κ1) is 26.9. The second kappa shape index (κ2) is 11.3. The fraction of sp³-hybridized carbons (Fsp3) is 0.286. The number of carbonyl (C=O) groups excluding carboxylic acids is 1. The van der Waals surface area contributed by atoms with Crippen LogP contribution in [0.4, 0.5) is 0 Å². The van der Waals surface area contributed by atoms with Crippen molar-refractivity contribution in [1.82, 2.24) is 0 Å². The van der Waals surface area contributed by atoms with Crippen LogP contribution in [0.1, 0.15) is 36.5 Å². The van der Waals surface area contributed by atoms with Crippen molar-refractivity contribution < 1.29 is 33.2 Å². The molecule has 42 heavy (non-hydrogen) atoms. The van der Waals surface area contributed by atoms with E-state index >= 15 is 0 Å². The van der Waals surface area contributed by atoms with Crippen LogP contribution in [0.2, 0.25) is 0 Å². The molecule has 7 rings (SSSR count). The Morgan fingerprint density at radius 1 is 0.500 bits per heavy atom. The molecule has 0 atom stereocenters. The van der Waals surface area contributed by atoms with E-state index in [1.165, 1.54) is 0 Å². The van der Waals surface area contributed by atoms with Gasteiger partial charge in [-0.3, -0.25) is 4.79 Å². The summed E-state index contributed by atoms with van der Waals surface area (Å²) in [6.07, 6.45) is 0.224. The molecule has 1 saturated carbocycles. The van der Waals surface area contributed by atoms with Gasteiger partial charge in [-0.05, 0) is 61.4 Å². The highest BCUT2D eigenvalue weighted by Crippen LogP contribution is 2.52. The van der Waals surface area contributed by atoms with Crippen molar-refractivity contribution in [1.29, 1.82) is 0 Å². The van der Waals surface area contributed by atoms with Gasteiger partial charge in [0.15, 0.2) is 18.4 Å². The van der Waals surface area contributed by atoms with Crippen molar-refractivity contribution >= 4 is 5.78 Å². The van der Waals surface area contributed by atoms with Gasteiger partial charge < -0.3 is 28.4 Å². The quantitative estimate of drug-likeness (QED) is 0.242. The molecule has 2 saturated heterocycles. The number of para-hydroxylation sites is 2. The molecule has 2 spiro atoms. The van der Waals surface area contributed by atoms with E-state index in [4.69, 9.17) is 28.4 Å². The minimum absolute atomic E-state index is 0.106. The van der Waals surface area contributed by atoms with E-state index in [-0.39, 0.29) is 5.78 Å². The molecule has 2 heterocycles. The average Bonchev–Trinajstić information content (AvgIpc) is 3.29. The molecule has 1 aliphatic carbocycles. The number of benzene rings is 4. The van der Waals surface area contributed by atoms with Gasteiger partial charge in [-0.15, -0.1) is 0 Å². The number of rotatable bonds is 6. The van der Waals surface area contributed by atoms with Crippen molar-refractivity contribution in [3.63, 3.8) is 0 Å². The number of hydrogen-bond acceptors (Lipinski definition) is 7. The lowest BCUT2D eigenvalue weighted by atomic mass is 9.78. The normalized spacial score (nSPS) is 27.3. The first-order chi connectivity index (χ1) is 20.6. The van der Waals surface area contributed by atoms with E-state index in [2.05, 4.69) is 0 Å². The highest BCUT2D eigenvalue weighted by Gasteiger charge is 2.60. The molecule has 3 fully saturated rings. The van der Waals surface area contributed by atoms with Gasteiger partial charge >= 0.3 is 0 Å². The first-order valence-electron chi connectivity index (χ1n) is 14.3. The lowest BCUT2D eigenvalue weighted by Gasteiger charge is -2.40. The second-order valence-electron chi connectivity index (χ2n) is 11.3. The maximum atomic E-state index is 13.9. The first-order valence-corrected chi connectivity index (χ1v) is 14.3. The molecular formula is C35H32O7. The highest BCUT2D eigenvalue weighted by molar-refractivity contribution is 5.93. The van der Waals surface area contributed by atoms with E-state index in [1.807, 2.05) is 109 Å². The zero-order valence-electron chi connectivity index (χ0n) is 23.1. The lowest BCUT2D eigenvalue weighted by molar-refractivity contribution is -0.240. The maximum absolute atomic E-state index is 13.9. The summed E-state index contributed by atoms with van der Waals surface area (Å²) < 4.78 is 36.6. The van der Waals surface area contributed by atoms with Crippen LogP contribution in [-0.4, -0.2) is 32.2 Å². The Bertz CT molecular complexity index is 1410. The summed E-state index contributed by atoms with van der Waals surface area (Å²) in [4.78, 5) is 13.9. The van der Waals surface area contributed by atoms with Gasteiger partial charge in [0.05, 0.1) is 37.3 Å². The summed E-state index contributed by atoms with van der Waals surface area (Å²) in [6.45, 7) is 1.18. The van der Waals surface area contributed by atoms with Crippen LogP contribution in [-0.2, 0) is 23.7 Å². The SMILES string of the molecule is O=C1C2(CCC13COC(c1cccc(Oc4ccccc4)c1)OC3)COC(c1cccc(Oc3ccccc3)c1)OC2. The molecule has 0 N–H and O–H groups in total. The molecule has 0 amide bonds. The van der Waals surface area contributed by atoms with Crippen LogP contribution < -0.4 is 9.47 Å². The van der Waals surface area contributed by atoms with E-state index in [1.54, 1.807) is 0 Å². The summed E-state index contributed by atoms with van der Waals surface area (Å²) in [5.41, 5.74) is 0.308. The van der Waals surface area contributed by atoms with E-state index in [0.29, 0.717) is 50.8 Å². The summed E-state index contributed by atoms with van der Waals surface area (Å²) >= 11 is 0. The molecule has 3 aliphatic rings. The van der Waals surface area contributed by atoms with Gasteiger partial charge in [-0.1, -0.05) is 60.7 Å². The third-order valence-electron chi connectivity index (χ3n) is 8.31. The van der Waals surface area contributed by atoms with E-state index in [9.17, 15) is 4.79 Å². The highest BCUT2D eigenvalue weighted by atomic mass is 16.7. The summed E-state index contributed by atoms with van der Waals surface area (Å²) in [6, 6.07) is 34.6. The topological polar surface area (TPSA) is 72.5 Å². The standard InChI is InChI=1S/C35H32O7/c36-33-34(21-37-31(38-22-34)25-9-7-15-29(19-25)41-27-11-3-1-4-12-27)17-18-35(33)23-39-32(40-24-35)26-10-8-16-30(20-26)42-28-13-5-2-6-14-28/h1-16,19-20,31-32H,17-18,21-24H2. The van der Waals surface area contributed by atoms with Crippen molar-refractivity contribution in [2.75, 3.05) is 26.4 Å². The Labute approximate surface area is 244 Å². The molecule has 7 heteroatoms. The minimum atomic E-state index is -0.697. The smallest absolute Gasteiger partial charge is 0.184 e. The van der Waals surface area contributed by atoms with Gasteiger partial charge in [-0.25, -0.2) is 0 Å². The Morgan fingerprint density at radius 2 is 0.881 bits per heavy atom. The Morgan fingerprint density at radius 3 is 1.29 bits per heavy atom. The number of hydrogen-bond donors (Lipinski definition) is 0. The van der Waals surface area contributed by atoms with Crippen molar-refractivity contribution in [2.24, 2.45) is 10.8 Å². The third kappa shape index (κ3) is 5.32. The predicted molar refractivity (Wildman–Crippen MR) is 154 cm³/mol. The number of carbonyl (C=O) groups is 1. The molecule has 0 bridgehead atoms. The van der Waals surface area contributed by atoms with Crippen molar-refractivity contribution in [2.45, 2.75) is 25.4 Å². The Kier molecular flexibility index (Phi) is 7.25. The maximum Gasteiger partial charge on any atom is 0.184 e. The Balaban J connectivity index is 0.968. The van der Waals surface area contributed by atoms with Crippen LogP contribution in [0.15, 0.2) is 109 Å². The predicted octanol–water partition coefficient (Wildman–Crippen LogP) is 7.40. The van der Waals surface area contributed by atoms with E-state index in [0.717, 1.165) is 22.6 Å². The lowest BCUT2D eigenvalue weighted by Crippen LogP contribution is -2.50. The zero-order chi connectivity index (χ0) is 28.4. The number of Topliss-reactive ketones (excluding diaryl/α,β-unsaturated/α-hetero) is 1. The molecule has 7 nitrogen and oxygen atoms in total. The largest absolute Gasteiger partial charge is 0.457 e. The monoisotopic (exact) mass is 564 g/mol. The van der Waals surface area contributed by atoms with Crippen molar-refractivity contribution in [3.05, 3.63) is 120 Å². The van der Waals surface area contributed by atoms with Crippen LogP contribution in [0, 0.1) is 10.8 Å². The van der Waals surface area contributed by atoms with Crippen LogP contribution in [0.3, 0.4) is 0 Å². The fourth-order valence-electron chi connectivity index (χ4n) is 6.02. The summed E-state index contributed by atoms with van der Waals surface area (Å²) in [5, 5.41) is 0. The van der Waals surface area contributed by atoms with Crippen LogP contribution in [0.5, 0.6) is 23.0 Å². The Hall–Kier alpha value is -4.01. The molecule has 4 aromatic rings. The molecular weight excluding hydrogens is 532 g/mol. The third-order valence-corrected chi connectivity index (χ3v) is 8.31. The zero-order valence-corrected chi connectivity index (χ0v) is 23.1. The molecule has 0 radical (unpaired) electrons. The number of ether oxygens (including phenoxy) is 6. The van der Waals surface area contributed by atoms with Gasteiger partial charge in [0.25, 0.3) is 0 Å². The van der Waals surface area contributed by atoms with Gasteiger partial charge in [0.2, 0.25) is 0 Å². The van der Waals surface area contributed by atoms with Crippen molar-refractivity contribution in [3.8, 4) is 23.0 Å². The summed E-state index contributed by atoms with van der Waals surface area (Å²) in [5.74, 6) is 3.02. The molecule has 2 aliphatic heterocycles. The minimum Gasteiger partial charge on any atom is -0.457 e. The molecule has 4 aromatic carbocycles. The number of ketones is 1. The van der Waals surface area contributed by atoms with Gasteiger partial charge in [0, 0.05) is 11.1 Å². The van der Waals surface area contributed by atoms with Crippen LogP contribution in [0.25, 0.3) is 0 Å². The average molecular weight is 565 g/mol. The molecule has 0 aromatic heterocycles.